The molecule has 0 radical (unpaired) electrons. The minimum atomic E-state index is 0.917. The topological polar surface area (TPSA) is 0 Å². The highest BCUT2D eigenvalue weighted by Crippen LogP contribution is 2.39. The molecule has 0 aromatic rings. The van der Waals surface area contributed by atoms with E-state index in [0.29, 0.717) is 0 Å². The molecule has 54 valence electrons. The number of fused-ring (bicyclic) bond motifs is 1. The summed E-state index contributed by atoms with van der Waals surface area (Å²) in [6.07, 6.45) is 10.9. The fourth-order valence-corrected chi connectivity index (χ4v) is 2.18. The summed E-state index contributed by atoms with van der Waals surface area (Å²) in [7, 11) is 0. The number of rotatable bonds is 0. The van der Waals surface area contributed by atoms with Crippen LogP contribution in [0.5, 0.6) is 0 Å². The molecule has 0 aromatic carbocycles. The lowest BCUT2D eigenvalue weighted by Crippen LogP contribution is -1.97. The molecule has 0 nitrogen and oxygen atoms in total. The number of allylic oxidation sites excluding steroid dienone is 4. The molecule has 0 spiro atoms. The Balaban J connectivity index is 2.18. The van der Waals surface area contributed by atoms with Crippen LogP contribution < -0.4 is 0 Å². The van der Waals surface area contributed by atoms with Crippen LogP contribution in [0, 0.1) is 11.8 Å². The van der Waals surface area contributed by atoms with Gasteiger partial charge in [-0.3, -0.25) is 0 Å². The van der Waals surface area contributed by atoms with Crippen molar-refractivity contribution in [3.8, 4) is 0 Å². The van der Waals surface area contributed by atoms with Crippen molar-refractivity contribution < 1.29 is 0 Å². The third kappa shape index (κ3) is 0.920. The molecule has 1 saturated carbocycles. The van der Waals surface area contributed by atoms with Gasteiger partial charge in [-0.15, -0.1) is 0 Å². The van der Waals surface area contributed by atoms with Gasteiger partial charge in [-0.05, 0) is 31.1 Å². The van der Waals surface area contributed by atoms with Gasteiger partial charge in [0, 0.05) is 0 Å². The molecule has 0 heteroatoms. The van der Waals surface area contributed by atoms with Crippen LogP contribution in [0.2, 0.25) is 0 Å². The zero-order chi connectivity index (χ0) is 6.97. The van der Waals surface area contributed by atoms with Crippen molar-refractivity contribution in [1.29, 1.82) is 0 Å². The highest BCUT2D eigenvalue weighted by atomic mass is 14.3. The Morgan fingerprint density at radius 3 is 3.20 bits per heavy atom. The second kappa shape index (κ2) is 2.26. The number of hydrogen-bond acceptors (Lipinski definition) is 0. The minimum absolute atomic E-state index is 0.917. The van der Waals surface area contributed by atoms with E-state index in [2.05, 4.69) is 25.2 Å². The molecule has 0 saturated heterocycles. The lowest BCUT2D eigenvalue weighted by molar-refractivity contribution is 0.539. The van der Waals surface area contributed by atoms with E-state index in [4.69, 9.17) is 0 Å². The van der Waals surface area contributed by atoms with Gasteiger partial charge in [0.15, 0.2) is 0 Å². The summed E-state index contributed by atoms with van der Waals surface area (Å²) in [6, 6.07) is 0. The first-order valence-electron chi connectivity index (χ1n) is 4.22. The summed E-state index contributed by atoms with van der Waals surface area (Å²) in [5.41, 5.74) is 1.70. The first-order chi connectivity index (χ1) is 4.86. The van der Waals surface area contributed by atoms with Gasteiger partial charge in [-0.25, -0.2) is 0 Å². The van der Waals surface area contributed by atoms with Crippen LogP contribution in [0.1, 0.15) is 26.2 Å². The Labute approximate surface area is 62.6 Å². The third-order valence-corrected chi connectivity index (χ3v) is 2.66. The summed E-state index contributed by atoms with van der Waals surface area (Å²) >= 11 is 0. The van der Waals surface area contributed by atoms with Gasteiger partial charge in [0.05, 0.1) is 0 Å². The summed E-state index contributed by atoms with van der Waals surface area (Å²) in [5, 5.41) is 0. The quantitative estimate of drug-likeness (QED) is 0.478. The zero-order valence-corrected chi connectivity index (χ0v) is 6.51. The van der Waals surface area contributed by atoms with Crippen molar-refractivity contribution in [2.24, 2.45) is 11.8 Å². The molecule has 1 fully saturated rings. The van der Waals surface area contributed by atoms with Crippen molar-refractivity contribution in [3.63, 3.8) is 0 Å². The predicted molar refractivity (Wildman–Crippen MR) is 43.7 cm³/mol. The first-order valence-corrected chi connectivity index (χ1v) is 4.22. The van der Waals surface area contributed by atoms with E-state index in [1.165, 1.54) is 19.3 Å². The van der Waals surface area contributed by atoms with E-state index in [1.807, 2.05) is 0 Å². The highest BCUT2D eigenvalue weighted by Gasteiger charge is 2.25. The van der Waals surface area contributed by atoms with Crippen LogP contribution >= 0.6 is 0 Å². The summed E-state index contributed by atoms with van der Waals surface area (Å²) < 4.78 is 0. The Kier molecular flexibility index (Phi) is 1.40. The van der Waals surface area contributed by atoms with Crippen LogP contribution in [-0.2, 0) is 0 Å². The maximum absolute atomic E-state index is 2.36. The van der Waals surface area contributed by atoms with Crippen molar-refractivity contribution in [1.82, 2.24) is 0 Å². The van der Waals surface area contributed by atoms with Gasteiger partial charge in [0.25, 0.3) is 0 Å². The maximum Gasteiger partial charge on any atom is -0.0163 e. The second-order valence-electron chi connectivity index (χ2n) is 3.65. The first kappa shape index (κ1) is 6.21. The van der Waals surface area contributed by atoms with Gasteiger partial charge in [0.1, 0.15) is 0 Å². The van der Waals surface area contributed by atoms with E-state index in [0.717, 1.165) is 11.8 Å². The molecular weight excluding hydrogens is 120 g/mol. The van der Waals surface area contributed by atoms with Crippen LogP contribution in [-0.4, -0.2) is 0 Å². The van der Waals surface area contributed by atoms with E-state index < -0.39 is 0 Å². The lowest BCUT2D eigenvalue weighted by atomic mass is 9.95. The SMILES string of the molecule is CC1CC2=CC=CCC2C1. The molecule has 0 N–H and O–H groups in total. The summed E-state index contributed by atoms with van der Waals surface area (Å²) in [5.74, 6) is 1.86. The Bertz CT molecular complexity index is 186. The molecule has 0 aromatic heterocycles. The molecule has 0 aliphatic heterocycles. The van der Waals surface area contributed by atoms with E-state index in [-0.39, 0.29) is 0 Å². The smallest absolute Gasteiger partial charge is 0.0163 e. The molecular formula is C10H14. The molecule has 0 heterocycles. The fourth-order valence-electron chi connectivity index (χ4n) is 2.18. The normalized spacial score (nSPS) is 37.5. The minimum Gasteiger partial charge on any atom is -0.0839 e. The Hall–Kier alpha value is -0.520. The van der Waals surface area contributed by atoms with Gasteiger partial charge in [0.2, 0.25) is 0 Å². The molecule has 2 rings (SSSR count). The average Bonchev–Trinajstić information content (AvgIpc) is 2.27. The fraction of sp³-hybridized carbons (Fsp3) is 0.600. The highest BCUT2D eigenvalue weighted by molar-refractivity contribution is 5.24. The van der Waals surface area contributed by atoms with Gasteiger partial charge < -0.3 is 0 Å². The molecule has 2 aliphatic carbocycles. The Morgan fingerprint density at radius 2 is 2.40 bits per heavy atom. The summed E-state index contributed by atoms with van der Waals surface area (Å²) in [6.45, 7) is 2.36. The van der Waals surface area contributed by atoms with E-state index >= 15 is 0 Å². The van der Waals surface area contributed by atoms with Crippen LogP contribution in [0.15, 0.2) is 23.8 Å². The van der Waals surface area contributed by atoms with Crippen molar-refractivity contribution in [2.75, 3.05) is 0 Å². The number of hydrogen-bond donors (Lipinski definition) is 0. The van der Waals surface area contributed by atoms with Gasteiger partial charge in [-0.2, -0.15) is 0 Å². The van der Waals surface area contributed by atoms with Crippen LogP contribution in [0.4, 0.5) is 0 Å². The van der Waals surface area contributed by atoms with Crippen molar-refractivity contribution >= 4 is 0 Å². The largest absolute Gasteiger partial charge is 0.0839 e. The van der Waals surface area contributed by atoms with E-state index in [1.54, 1.807) is 5.57 Å². The molecule has 2 atom stereocenters. The molecule has 0 amide bonds. The van der Waals surface area contributed by atoms with Crippen LogP contribution in [0.25, 0.3) is 0 Å². The summed E-state index contributed by atoms with van der Waals surface area (Å²) in [4.78, 5) is 0. The molecule has 2 aliphatic rings. The molecule has 2 unspecified atom stereocenters. The van der Waals surface area contributed by atoms with Crippen molar-refractivity contribution in [3.05, 3.63) is 23.8 Å². The standard InChI is InChI=1S/C10H14/c1-8-6-9-4-2-3-5-10(9)7-8/h2-4,8,10H,5-7H2,1H3. The van der Waals surface area contributed by atoms with Crippen LogP contribution in [0.3, 0.4) is 0 Å². The third-order valence-electron chi connectivity index (χ3n) is 2.66. The van der Waals surface area contributed by atoms with Crippen molar-refractivity contribution in [2.45, 2.75) is 26.2 Å². The molecule has 10 heavy (non-hydrogen) atoms. The molecule has 0 bridgehead atoms. The Morgan fingerprint density at radius 1 is 1.50 bits per heavy atom. The van der Waals surface area contributed by atoms with Gasteiger partial charge in [-0.1, -0.05) is 30.7 Å². The van der Waals surface area contributed by atoms with Gasteiger partial charge >= 0.3 is 0 Å². The zero-order valence-electron chi connectivity index (χ0n) is 6.51. The van der Waals surface area contributed by atoms with E-state index in [9.17, 15) is 0 Å². The lowest BCUT2D eigenvalue weighted by Gasteiger charge is -2.11. The monoisotopic (exact) mass is 134 g/mol. The average molecular weight is 134 g/mol. The predicted octanol–water partition coefficient (Wildman–Crippen LogP) is 2.92. The second-order valence-corrected chi connectivity index (χ2v) is 3.65. The maximum atomic E-state index is 2.36.